The summed E-state index contributed by atoms with van der Waals surface area (Å²) in [4.78, 5) is 0. The van der Waals surface area contributed by atoms with Gasteiger partial charge in [0, 0.05) is 88.8 Å². The molecule has 0 bridgehead atoms. The molecule has 0 aromatic carbocycles. The van der Waals surface area contributed by atoms with Gasteiger partial charge in [0.2, 0.25) is 0 Å². The molecule has 0 aliphatic carbocycles. The molecule has 0 radical (unpaired) electrons. The van der Waals surface area contributed by atoms with Crippen LogP contribution in [0.1, 0.15) is 0 Å². The third kappa shape index (κ3) is 27.0. The van der Waals surface area contributed by atoms with E-state index in [1.807, 2.05) is 0 Å². The highest BCUT2D eigenvalue weighted by Crippen LogP contribution is 1.91. The van der Waals surface area contributed by atoms with Crippen molar-refractivity contribution in [1.82, 2.24) is 0 Å². The molecule has 0 unspecified atom stereocenters. The van der Waals surface area contributed by atoms with Crippen LogP contribution in [0, 0.1) is 5.53 Å². The lowest BCUT2D eigenvalue weighted by Crippen LogP contribution is -1.70. The summed E-state index contributed by atoms with van der Waals surface area (Å²) in [6, 6.07) is 0. The average Bonchev–Trinajstić information content (AvgIpc) is 2.87. The predicted octanol–water partition coefficient (Wildman–Crippen LogP) is 5.77. The standard InChI is InChI=1S/H3N35/c1-3-5-7-9-11-13-15-17-19-21-23-25-27-29-31-33-35-34-32-30-28-26-24-22-20-18-16-14-12-10-8-6-4-2/h(H3,1,2,5,6,9,10,13,14,17,18,21,22,25,26,29,30,33,34). The molecule has 0 heterocycles. The highest BCUT2D eigenvalue weighted by atomic mass is 15.7. The third-order valence-corrected chi connectivity index (χ3v) is 1.30. The zero-order valence-electron chi connectivity index (χ0n) is 15.8. The highest BCUT2D eigenvalue weighted by Gasteiger charge is 1.73. The number of nitrogens with one attached hydrogen (secondary N) is 1. The first-order valence-corrected chi connectivity index (χ1v) is 6.88. The lowest BCUT2D eigenvalue weighted by Gasteiger charge is -1.70. The molecule has 35 nitrogen and oxygen atoms in total. The minimum atomic E-state index is 2.50. The second-order valence-corrected chi connectivity index (χ2v) is 2.99. The Labute approximate surface area is 185 Å². The van der Waals surface area contributed by atoms with Crippen LogP contribution in [0.25, 0.3) is 0 Å². The van der Waals surface area contributed by atoms with Crippen molar-refractivity contribution >= 4 is 0 Å². The molecule has 0 aliphatic rings. The zero-order valence-corrected chi connectivity index (χ0v) is 15.8. The van der Waals surface area contributed by atoms with Gasteiger partial charge in [-0.2, -0.15) is 5.53 Å². The first-order chi connectivity index (χ1) is 17.4. The molecule has 0 saturated heterocycles. The first kappa shape index (κ1) is 28.0. The van der Waals surface area contributed by atoms with Crippen molar-refractivity contribution in [2.75, 3.05) is 0 Å². The Bertz CT molecular complexity index is 992. The normalized spacial score (nSPS) is 15.0. The highest BCUT2D eigenvalue weighted by molar-refractivity contribution is 4.16. The summed E-state index contributed by atoms with van der Waals surface area (Å²) in [5.74, 6) is 4.62. The third-order valence-electron chi connectivity index (χ3n) is 1.30. The van der Waals surface area contributed by atoms with Crippen LogP contribution in [0.3, 0.4) is 0 Å². The van der Waals surface area contributed by atoms with Gasteiger partial charge < -0.3 is 5.84 Å². The van der Waals surface area contributed by atoms with Gasteiger partial charge in [-0.15, -0.1) is 0 Å². The summed E-state index contributed by atoms with van der Waals surface area (Å²) < 4.78 is 0. The summed E-state index contributed by atoms with van der Waals surface area (Å²) in [6.45, 7) is 0. The van der Waals surface area contributed by atoms with Crippen LogP contribution >= 0.6 is 0 Å². The fourth-order valence-corrected chi connectivity index (χ4v) is 0.562. The second-order valence-electron chi connectivity index (χ2n) is 2.99. The SMILES string of the molecule is N=N/N=N/N=N/N=N/N=N/N=N/N=N/N=N/N=N/N=N/N=N/N=N/N=N/N=N/N=N/N=N/N=N/N. The van der Waals surface area contributed by atoms with Gasteiger partial charge >= 0.3 is 0 Å². The van der Waals surface area contributed by atoms with E-state index in [0.29, 0.717) is 0 Å². The minimum Gasteiger partial charge on any atom is -0.303 e. The smallest absolute Gasteiger partial charge is 0 e. The average molecular weight is 493 g/mol. The van der Waals surface area contributed by atoms with Gasteiger partial charge in [-0.25, -0.2) is 0 Å². The Morgan fingerprint density at radius 3 is 0.514 bits per heavy atom. The fraction of sp³-hybridized carbons (Fsp3) is 0. The van der Waals surface area contributed by atoms with E-state index in [4.69, 9.17) is 5.53 Å². The van der Waals surface area contributed by atoms with E-state index in [2.05, 4.69) is 178 Å². The first-order valence-electron chi connectivity index (χ1n) is 6.88. The molecule has 35 heavy (non-hydrogen) atoms. The van der Waals surface area contributed by atoms with Crippen LogP contribution in [0.15, 0.2) is 172 Å². The maximum absolute atomic E-state index is 6.23. The number of nitrogens with two attached hydrogens (primary N) is 1. The lowest BCUT2D eigenvalue weighted by molar-refractivity contribution is 0.728. The monoisotopic (exact) mass is 493 g/mol. The van der Waals surface area contributed by atoms with Crippen LogP contribution < -0.4 is 5.84 Å². The Hall–Kier alpha value is -7.00. The Kier molecular flexibility index (Phi) is 21.6. The van der Waals surface area contributed by atoms with Crippen LogP contribution in [0.2, 0.25) is 0 Å². The molecule has 35 heteroatoms. The van der Waals surface area contributed by atoms with Crippen molar-refractivity contribution in [3.05, 3.63) is 0 Å². The molecule has 0 aliphatic heterocycles. The Morgan fingerprint density at radius 1 is 0.229 bits per heavy atom. The van der Waals surface area contributed by atoms with E-state index in [9.17, 15) is 0 Å². The molecule has 0 atom stereocenters. The Balaban J connectivity index is 4.00. The minimum absolute atomic E-state index is 2.50. The van der Waals surface area contributed by atoms with Crippen LogP contribution in [-0.2, 0) is 0 Å². The van der Waals surface area contributed by atoms with Gasteiger partial charge in [-0.3, -0.25) is 0 Å². The molecule has 0 fully saturated rings. The molecular formula is H3N35. The summed E-state index contributed by atoms with van der Waals surface area (Å²) in [6.07, 6.45) is 0. The van der Waals surface area contributed by atoms with E-state index in [1.54, 1.807) is 0 Å². The van der Waals surface area contributed by atoms with Crippen molar-refractivity contribution in [2.45, 2.75) is 0 Å². The molecule has 0 saturated carbocycles. The van der Waals surface area contributed by atoms with Crippen molar-refractivity contribution in [2.24, 2.45) is 178 Å². The number of hydrogen-bond acceptors (Lipinski definition) is 2. The van der Waals surface area contributed by atoms with Gasteiger partial charge in [0.25, 0.3) is 0 Å². The van der Waals surface area contributed by atoms with E-state index in [-0.39, 0.29) is 0 Å². The quantitative estimate of drug-likeness (QED) is 0.151. The lowest BCUT2D eigenvalue weighted by atomic mass is 12.3. The van der Waals surface area contributed by atoms with Gasteiger partial charge in [-0.1, -0.05) is 5.22 Å². The molecule has 178 valence electrons. The van der Waals surface area contributed by atoms with Gasteiger partial charge in [0.05, 0.1) is 0 Å². The maximum atomic E-state index is 6.23. The van der Waals surface area contributed by atoms with Gasteiger partial charge in [0.1, 0.15) is 0 Å². The molecule has 0 spiro atoms. The number of rotatable bonds is 16. The van der Waals surface area contributed by atoms with E-state index >= 15 is 0 Å². The second kappa shape index (κ2) is 27.0. The van der Waals surface area contributed by atoms with Crippen LogP contribution in [-0.4, -0.2) is 0 Å². The van der Waals surface area contributed by atoms with Crippen molar-refractivity contribution < 1.29 is 0 Å². The summed E-state index contributed by atoms with van der Waals surface area (Å²) in [5, 5.41) is 97.2. The molecule has 0 amide bonds. The van der Waals surface area contributed by atoms with Crippen LogP contribution in [0.4, 0.5) is 0 Å². The van der Waals surface area contributed by atoms with E-state index in [0.717, 1.165) is 0 Å². The van der Waals surface area contributed by atoms with E-state index < -0.39 is 0 Å². The molecule has 0 aromatic heterocycles. The molecule has 0 rings (SSSR count). The predicted molar refractivity (Wildman–Crippen MR) is 87.0 cm³/mol. The summed E-state index contributed by atoms with van der Waals surface area (Å²) in [5.41, 5.74) is 6.23. The number of hydrogen-bond donors (Lipinski definition) is 2. The van der Waals surface area contributed by atoms with Crippen LogP contribution in [0.5, 0.6) is 0 Å². The van der Waals surface area contributed by atoms with Crippen molar-refractivity contribution in [1.29, 1.82) is 5.53 Å². The van der Waals surface area contributed by atoms with E-state index in [1.165, 1.54) is 0 Å². The summed E-state index contributed by atoms with van der Waals surface area (Å²) in [7, 11) is 0. The molecular weight excluding hydrogens is 490 g/mol. The topological polar surface area (TPSA) is 458 Å². The van der Waals surface area contributed by atoms with Crippen molar-refractivity contribution in [3.8, 4) is 0 Å². The maximum Gasteiger partial charge on any atom is 0 e. The zero-order chi connectivity index (χ0) is 25.3. The molecule has 0 aromatic rings. The molecule has 3 N–H and O–H groups in total. The van der Waals surface area contributed by atoms with Crippen molar-refractivity contribution in [3.63, 3.8) is 0 Å². The number of nitrogens with zero attached hydrogens (tertiary/aromatic N) is 33. The summed E-state index contributed by atoms with van der Waals surface area (Å²) >= 11 is 0. The van der Waals surface area contributed by atoms with Gasteiger partial charge in [0.15, 0.2) is 0 Å². The van der Waals surface area contributed by atoms with Gasteiger partial charge in [-0.05, 0) is 78.3 Å². The largest absolute Gasteiger partial charge is 0.303 e. The Morgan fingerprint density at radius 2 is 0.371 bits per heavy atom. The fourth-order valence-electron chi connectivity index (χ4n) is 0.562.